The summed E-state index contributed by atoms with van der Waals surface area (Å²) in [5.41, 5.74) is 0.846. The first-order chi connectivity index (χ1) is 15.7. The van der Waals surface area contributed by atoms with E-state index < -0.39 is 29.8 Å². The predicted molar refractivity (Wildman–Crippen MR) is 123 cm³/mol. The monoisotopic (exact) mass is 454 g/mol. The van der Waals surface area contributed by atoms with Gasteiger partial charge in [-0.1, -0.05) is 60.7 Å². The Morgan fingerprint density at radius 1 is 0.909 bits per heavy atom. The fourth-order valence-corrected chi connectivity index (χ4v) is 2.82. The Kier molecular flexibility index (Phi) is 9.47. The number of carbonyl (C=O) groups excluding carboxylic acids is 3. The first-order valence-corrected chi connectivity index (χ1v) is 10.5. The lowest BCUT2D eigenvalue weighted by molar-refractivity contribution is -0.136. The average molecular weight is 455 g/mol. The van der Waals surface area contributed by atoms with Crippen molar-refractivity contribution in [2.75, 3.05) is 7.11 Å². The highest BCUT2D eigenvalue weighted by Crippen LogP contribution is 2.11. The number of rotatable bonds is 8. The van der Waals surface area contributed by atoms with Gasteiger partial charge in [0.2, 0.25) is 0 Å². The zero-order chi connectivity index (χ0) is 24.3. The van der Waals surface area contributed by atoms with Crippen LogP contribution in [-0.4, -0.2) is 36.9 Å². The molecule has 8 nitrogen and oxygen atoms in total. The number of nitrogens with one attached hydrogen (secondary N) is 2. The van der Waals surface area contributed by atoms with Crippen LogP contribution < -0.4 is 10.6 Å². The molecule has 176 valence electrons. The van der Waals surface area contributed by atoms with Crippen LogP contribution in [0.5, 0.6) is 0 Å². The Bertz CT molecular complexity index is 952. The van der Waals surface area contributed by atoms with Gasteiger partial charge in [-0.05, 0) is 44.4 Å². The second-order valence-corrected chi connectivity index (χ2v) is 8.20. The minimum absolute atomic E-state index is 0.0325. The van der Waals surface area contributed by atoms with Gasteiger partial charge in [-0.2, -0.15) is 0 Å². The summed E-state index contributed by atoms with van der Waals surface area (Å²) in [6.07, 6.45) is 0.273. The molecule has 0 unspecified atom stereocenters. The summed E-state index contributed by atoms with van der Waals surface area (Å²) in [7, 11) is 1.20. The predicted octanol–water partition coefficient (Wildman–Crippen LogP) is 4.11. The van der Waals surface area contributed by atoms with Gasteiger partial charge < -0.3 is 19.5 Å². The zero-order valence-corrected chi connectivity index (χ0v) is 19.3. The number of hydrogen-bond donors (Lipinski definition) is 2. The van der Waals surface area contributed by atoms with Crippen molar-refractivity contribution in [2.45, 2.75) is 45.4 Å². The summed E-state index contributed by atoms with van der Waals surface area (Å²) < 4.78 is 15.3. The second-order valence-electron chi connectivity index (χ2n) is 8.20. The van der Waals surface area contributed by atoms with Crippen LogP contribution in [0, 0.1) is 0 Å². The third-order valence-electron chi connectivity index (χ3n) is 4.22. The van der Waals surface area contributed by atoms with E-state index in [4.69, 9.17) is 14.2 Å². The number of alkyl carbamates (subject to hydrolysis) is 2. The van der Waals surface area contributed by atoms with Crippen LogP contribution in [0.2, 0.25) is 0 Å². The smallest absolute Gasteiger partial charge is 0.412 e. The molecule has 0 aliphatic rings. The number of benzene rings is 2. The molecule has 0 aliphatic carbocycles. The summed E-state index contributed by atoms with van der Waals surface area (Å²) in [6, 6.07) is 17.8. The minimum Gasteiger partial charge on any atom is -0.464 e. The summed E-state index contributed by atoms with van der Waals surface area (Å²) >= 11 is 0. The molecule has 33 heavy (non-hydrogen) atoms. The third kappa shape index (κ3) is 9.90. The molecule has 2 N–H and O–H groups in total. The van der Waals surface area contributed by atoms with E-state index in [0.717, 1.165) is 11.1 Å². The number of methoxy groups -OCH3 is 1. The van der Waals surface area contributed by atoms with Crippen LogP contribution >= 0.6 is 0 Å². The quantitative estimate of drug-likeness (QED) is 0.354. The molecule has 0 radical (unpaired) electrons. The van der Waals surface area contributed by atoms with Crippen molar-refractivity contribution in [3.8, 4) is 0 Å². The molecule has 2 aromatic carbocycles. The molecule has 0 bridgehead atoms. The van der Waals surface area contributed by atoms with Crippen LogP contribution in [0.15, 0.2) is 72.4 Å². The molecule has 0 fully saturated rings. The van der Waals surface area contributed by atoms with Crippen molar-refractivity contribution in [3.05, 3.63) is 83.6 Å². The van der Waals surface area contributed by atoms with Gasteiger partial charge in [-0.3, -0.25) is 5.32 Å². The second kappa shape index (κ2) is 12.3. The normalized spacial score (nSPS) is 12.3. The van der Waals surface area contributed by atoms with Crippen LogP contribution in [0.25, 0.3) is 0 Å². The fourth-order valence-electron chi connectivity index (χ4n) is 2.82. The van der Waals surface area contributed by atoms with Gasteiger partial charge in [0, 0.05) is 0 Å². The number of ether oxygens (including phenoxy) is 3. The third-order valence-corrected chi connectivity index (χ3v) is 4.22. The Labute approximate surface area is 193 Å². The molecule has 0 spiro atoms. The number of amides is 2. The Morgan fingerprint density at radius 3 is 2.03 bits per heavy atom. The van der Waals surface area contributed by atoms with E-state index >= 15 is 0 Å². The van der Waals surface area contributed by atoms with E-state index in [0.29, 0.717) is 6.42 Å². The Balaban J connectivity index is 2.18. The fraction of sp³-hybridized carbons (Fsp3) is 0.320. The molecular formula is C25H30N2O6. The molecular weight excluding hydrogens is 424 g/mol. The standard InChI is InChI=1S/C25H30N2O6/c1-25(2,3)33-24(30)26-20(15-18-11-7-5-8-12-18)16-21(22(28)31-4)27-23(29)32-17-19-13-9-6-10-14-19/h5-14,16,20H,15,17H2,1-4H3,(H,26,30)(H,27,29)/b21-16-/t20-/m0/s1. The van der Waals surface area contributed by atoms with Crippen LogP contribution in [0.4, 0.5) is 9.59 Å². The van der Waals surface area contributed by atoms with Crippen LogP contribution in [0.1, 0.15) is 31.9 Å². The maximum atomic E-state index is 12.4. The lowest BCUT2D eigenvalue weighted by atomic mass is 10.0. The lowest BCUT2D eigenvalue weighted by Gasteiger charge is -2.23. The van der Waals surface area contributed by atoms with Crippen molar-refractivity contribution < 1.29 is 28.6 Å². The van der Waals surface area contributed by atoms with E-state index in [1.807, 2.05) is 60.7 Å². The Hall–Kier alpha value is -3.81. The molecule has 2 aromatic rings. The van der Waals surface area contributed by atoms with Crippen molar-refractivity contribution in [3.63, 3.8) is 0 Å². The van der Waals surface area contributed by atoms with Crippen molar-refractivity contribution in [1.29, 1.82) is 0 Å². The highest BCUT2D eigenvalue weighted by molar-refractivity contribution is 5.92. The molecule has 0 saturated carbocycles. The van der Waals surface area contributed by atoms with E-state index in [2.05, 4.69) is 10.6 Å². The molecule has 2 amide bonds. The van der Waals surface area contributed by atoms with Crippen molar-refractivity contribution >= 4 is 18.2 Å². The Morgan fingerprint density at radius 2 is 1.48 bits per heavy atom. The number of esters is 1. The van der Waals surface area contributed by atoms with Crippen molar-refractivity contribution in [1.82, 2.24) is 10.6 Å². The summed E-state index contributed by atoms with van der Waals surface area (Å²) in [5, 5.41) is 5.13. The molecule has 2 rings (SSSR count). The van der Waals surface area contributed by atoms with Gasteiger partial charge >= 0.3 is 18.2 Å². The molecule has 0 heterocycles. The molecule has 8 heteroatoms. The SMILES string of the molecule is COC(=O)/C(=C/[C@H](Cc1ccccc1)NC(=O)OC(C)(C)C)NC(=O)OCc1ccccc1. The summed E-state index contributed by atoms with van der Waals surface area (Å²) in [6.45, 7) is 5.28. The van der Waals surface area contributed by atoms with Gasteiger partial charge in [0.15, 0.2) is 0 Å². The van der Waals surface area contributed by atoms with E-state index in [1.54, 1.807) is 20.8 Å². The maximum absolute atomic E-state index is 12.4. The van der Waals surface area contributed by atoms with Gasteiger partial charge in [0.25, 0.3) is 0 Å². The molecule has 0 aliphatic heterocycles. The van der Waals surface area contributed by atoms with Crippen LogP contribution in [-0.2, 0) is 32.0 Å². The number of carbonyl (C=O) groups is 3. The first kappa shape index (κ1) is 25.5. The van der Waals surface area contributed by atoms with Crippen molar-refractivity contribution in [2.24, 2.45) is 0 Å². The molecule has 0 saturated heterocycles. The minimum atomic E-state index is -0.828. The van der Waals surface area contributed by atoms with Gasteiger partial charge in [-0.15, -0.1) is 0 Å². The van der Waals surface area contributed by atoms with Gasteiger partial charge in [0.1, 0.15) is 17.9 Å². The highest BCUT2D eigenvalue weighted by atomic mass is 16.6. The summed E-state index contributed by atoms with van der Waals surface area (Å²) in [5.74, 6) is -0.782. The first-order valence-electron chi connectivity index (χ1n) is 10.5. The maximum Gasteiger partial charge on any atom is 0.412 e. The number of hydrogen-bond acceptors (Lipinski definition) is 6. The topological polar surface area (TPSA) is 103 Å². The van der Waals surface area contributed by atoms with Gasteiger partial charge in [-0.25, -0.2) is 14.4 Å². The zero-order valence-electron chi connectivity index (χ0n) is 19.3. The van der Waals surface area contributed by atoms with E-state index in [-0.39, 0.29) is 12.3 Å². The summed E-state index contributed by atoms with van der Waals surface area (Å²) in [4.78, 5) is 37.0. The van der Waals surface area contributed by atoms with Crippen LogP contribution in [0.3, 0.4) is 0 Å². The van der Waals surface area contributed by atoms with Gasteiger partial charge in [0.05, 0.1) is 13.2 Å². The lowest BCUT2D eigenvalue weighted by Crippen LogP contribution is -2.40. The van der Waals surface area contributed by atoms with E-state index in [1.165, 1.54) is 13.2 Å². The van der Waals surface area contributed by atoms with E-state index in [9.17, 15) is 14.4 Å². The molecule has 0 aromatic heterocycles. The average Bonchev–Trinajstić information content (AvgIpc) is 2.76. The largest absolute Gasteiger partial charge is 0.464 e. The highest BCUT2D eigenvalue weighted by Gasteiger charge is 2.22. The molecule has 1 atom stereocenters.